The van der Waals surface area contributed by atoms with Gasteiger partial charge in [-0.05, 0) is 6.92 Å². The van der Waals surface area contributed by atoms with Crippen molar-refractivity contribution in [1.82, 2.24) is 19.2 Å². The van der Waals surface area contributed by atoms with Crippen molar-refractivity contribution in [2.24, 2.45) is 0 Å². The lowest BCUT2D eigenvalue weighted by molar-refractivity contribution is -0.142. The van der Waals surface area contributed by atoms with Gasteiger partial charge in [0.25, 0.3) is 5.56 Å². The van der Waals surface area contributed by atoms with E-state index in [1.54, 1.807) is 0 Å². The molecule has 0 aliphatic carbocycles. The summed E-state index contributed by atoms with van der Waals surface area (Å²) in [6.07, 6.45) is -9.46. The minimum Gasteiger partial charge on any atom is -0.269 e. The van der Waals surface area contributed by atoms with Gasteiger partial charge in [0.2, 0.25) is 0 Å². The van der Waals surface area contributed by atoms with Gasteiger partial charge in [0.15, 0.2) is 10.7 Å². The van der Waals surface area contributed by atoms with E-state index < -0.39 is 35.8 Å². The molecule has 0 aliphatic rings. The molecule has 0 spiro atoms. The van der Waals surface area contributed by atoms with Crippen molar-refractivity contribution in [3.8, 4) is 0 Å². The van der Waals surface area contributed by atoms with Crippen LogP contribution in [0, 0.1) is 6.92 Å². The zero-order valence-corrected chi connectivity index (χ0v) is 14.2. The van der Waals surface area contributed by atoms with Crippen LogP contribution in [0.3, 0.4) is 0 Å². The average Bonchev–Trinajstić information content (AvgIpc) is 2.98. The molecule has 3 heterocycles. The maximum atomic E-state index is 13.1. The van der Waals surface area contributed by atoms with Crippen LogP contribution in [0.1, 0.15) is 22.0 Å². The molecule has 0 N–H and O–H groups in total. The van der Waals surface area contributed by atoms with E-state index in [-0.39, 0.29) is 20.7 Å². The molecule has 140 valence electrons. The standard InChI is InChI=1S/C13H7ClF6N4OS/c1-5-10(13(18,19)20)24-9(25)2-6(21-11(24)26-5)4-23-8(14)3-7(22-23)12(15,16)17/h2-3H,4H2,1H3. The molecular weight excluding hydrogens is 410 g/mol. The number of halogens is 7. The average molecular weight is 417 g/mol. The van der Waals surface area contributed by atoms with E-state index >= 15 is 0 Å². The largest absolute Gasteiger partial charge is 0.435 e. The minimum atomic E-state index is -4.75. The van der Waals surface area contributed by atoms with Gasteiger partial charge < -0.3 is 0 Å². The van der Waals surface area contributed by atoms with Crippen molar-refractivity contribution in [3.05, 3.63) is 49.6 Å². The predicted octanol–water partition coefficient (Wildman–Crippen LogP) is 4.00. The Kier molecular flexibility index (Phi) is 4.30. The number of hydrogen-bond donors (Lipinski definition) is 0. The molecule has 0 aliphatic heterocycles. The molecule has 0 amide bonds. The third-order valence-corrected chi connectivity index (χ3v) is 4.60. The fourth-order valence-corrected chi connectivity index (χ4v) is 3.54. The number of hydrogen-bond acceptors (Lipinski definition) is 4. The quantitative estimate of drug-likeness (QED) is 0.593. The molecule has 0 aromatic carbocycles. The molecule has 13 heteroatoms. The Morgan fingerprint density at radius 2 is 1.81 bits per heavy atom. The fraction of sp³-hybridized carbons (Fsp3) is 0.308. The molecule has 5 nitrogen and oxygen atoms in total. The van der Waals surface area contributed by atoms with Crippen LogP contribution in [-0.4, -0.2) is 19.2 Å². The first-order valence-electron chi connectivity index (χ1n) is 6.77. The highest BCUT2D eigenvalue weighted by molar-refractivity contribution is 7.17. The monoisotopic (exact) mass is 416 g/mol. The van der Waals surface area contributed by atoms with E-state index in [0.717, 1.165) is 10.7 Å². The normalized spacial score (nSPS) is 12.9. The number of rotatable bonds is 2. The summed E-state index contributed by atoms with van der Waals surface area (Å²) in [6, 6.07) is 1.41. The van der Waals surface area contributed by atoms with Crippen molar-refractivity contribution in [2.45, 2.75) is 25.8 Å². The highest BCUT2D eigenvalue weighted by Gasteiger charge is 2.38. The highest BCUT2D eigenvalue weighted by atomic mass is 35.5. The molecule has 26 heavy (non-hydrogen) atoms. The lowest BCUT2D eigenvalue weighted by Gasteiger charge is -2.08. The van der Waals surface area contributed by atoms with Crippen LogP contribution in [0.25, 0.3) is 4.96 Å². The second-order valence-corrected chi connectivity index (χ2v) is 6.78. The summed E-state index contributed by atoms with van der Waals surface area (Å²) in [5, 5.41) is 2.93. The molecule has 3 aromatic heterocycles. The summed E-state index contributed by atoms with van der Waals surface area (Å²) in [4.78, 5) is 15.6. The fourth-order valence-electron chi connectivity index (χ4n) is 2.33. The third-order valence-electron chi connectivity index (χ3n) is 3.34. The topological polar surface area (TPSA) is 52.2 Å². The van der Waals surface area contributed by atoms with Crippen LogP contribution in [0.15, 0.2) is 16.9 Å². The highest BCUT2D eigenvalue weighted by Crippen LogP contribution is 2.35. The Hall–Kier alpha value is -2.08. The van der Waals surface area contributed by atoms with Crippen LogP contribution in [0.5, 0.6) is 0 Å². The summed E-state index contributed by atoms with van der Waals surface area (Å²) >= 11 is 6.34. The number of aryl methyl sites for hydroxylation is 1. The van der Waals surface area contributed by atoms with Gasteiger partial charge in [-0.1, -0.05) is 11.6 Å². The first-order chi connectivity index (χ1) is 11.9. The second-order valence-electron chi connectivity index (χ2n) is 5.22. The zero-order valence-electron chi connectivity index (χ0n) is 12.6. The molecule has 3 aromatic rings. The van der Waals surface area contributed by atoms with Gasteiger partial charge in [-0.3, -0.25) is 4.79 Å². The molecule has 0 saturated heterocycles. The maximum absolute atomic E-state index is 13.1. The summed E-state index contributed by atoms with van der Waals surface area (Å²) in [5.41, 5.74) is -3.42. The Balaban J connectivity index is 2.06. The lowest BCUT2D eigenvalue weighted by atomic mass is 10.3. The van der Waals surface area contributed by atoms with E-state index in [9.17, 15) is 31.1 Å². The number of thiazole rings is 1. The Morgan fingerprint density at radius 3 is 2.35 bits per heavy atom. The second kappa shape index (κ2) is 5.98. The van der Waals surface area contributed by atoms with E-state index in [2.05, 4.69) is 10.1 Å². The summed E-state index contributed by atoms with van der Waals surface area (Å²) in [5.74, 6) is 0. The Morgan fingerprint density at radius 1 is 1.15 bits per heavy atom. The lowest BCUT2D eigenvalue weighted by Crippen LogP contribution is -2.22. The van der Waals surface area contributed by atoms with E-state index in [4.69, 9.17) is 11.6 Å². The smallest absolute Gasteiger partial charge is 0.269 e. The molecule has 3 rings (SSSR count). The van der Waals surface area contributed by atoms with Crippen LogP contribution in [0.4, 0.5) is 26.3 Å². The van der Waals surface area contributed by atoms with E-state index in [1.807, 2.05) is 0 Å². The third kappa shape index (κ3) is 3.30. The van der Waals surface area contributed by atoms with Crippen molar-refractivity contribution in [2.75, 3.05) is 0 Å². The number of fused-ring (bicyclic) bond motifs is 1. The van der Waals surface area contributed by atoms with Crippen molar-refractivity contribution in [3.63, 3.8) is 0 Å². The zero-order chi connectivity index (χ0) is 19.4. The molecule has 0 radical (unpaired) electrons. The molecule has 0 unspecified atom stereocenters. The number of nitrogens with zero attached hydrogens (tertiary/aromatic N) is 4. The molecule has 0 atom stereocenters. The summed E-state index contributed by atoms with van der Waals surface area (Å²) < 4.78 is 78.4. The molecular formula is C13H7ClF6N4OS. The first-order valence-corrected chi connectivity index (χ1v) is 7.97. The Labute approximate surface area is 149 Å². The Bertz CT molecular complexity index is 1050. The SMILES string of the molecule is Cc1sc2nc(Cn3nc(C(F)(F)F)cc3Cl)cc(=O)n2c1C(F)(F)F. The minimum absolute atomic E-state index is 0.0660. The first kappa shape index (κ1) is 18.7. The van der Waals surface area contributed by atoms with Crippen molar-refractivity contribution < 1.29 is 26.3 Å². The van der Waals surface area contributed by atoms with E-state index in [1.165, 1.54) is 6.92 Å². The molecule has 0 saturated carbocycles. The van der Waals surface area contributed by atoms with Gasteiger partial charge in [0.1, 0.15) is 10.8 Å². The van der Waals surface area contributed by atoms with Gasteiger partial charge in [0.05, 0.1) is 12.2 Å². The maximum Gasteiger partial charge on any atom is 0.435 e. The van der Waals surface area contributed by atoms with Crippen LogP contribution < -0.4 is 5.56 Å². The van der Waals surface area contributed by atoms with Crippen LogP contribution in [-0.2, 0) is 18.9 Å². The molecule has 0 bridgehead atoms. The van der Waals surface area contributed by atoms with Gasteiger partial charge in [0, 0.05) is 17.0 Å². The van der Waals surface area contributed by atoms with Crippen molar-refractivity contribution in [1.29, 1.82) is 0 Å². The number of alkyl halides is 6. The van der Waals surface area contributed by atoms with Gasteiger partial charge in [-0.2, -0.15) is 31.4 Å². The van der Waals surface area contributed by atoms with Crippen molar-refractivity contribution >= 4 is 27.9 Å². The van der Waals surface area contributed by atoms with Gasteiger partial charge in [-0.15, -0.1) is 11.3 Å². The van der Waals surface area contributed by atoms with Crippen LogP contribution in [0.2, 0.25) is 5.15 Å². The summed E-state index contributed by atoms with van der Waals surface area (Å²) in [7, 11) is 0. The summed E-state index contributed by atoms with van der Waals surface area (Å²) in [6.45, 7) is 0.792. The molecule has 0 fully saturated rings. The van der Waals surface area contributed by atoms with Crippen LogP contribution >= 0.6 is 22.9 Å². The number of aromatic nitrogens is 4. The van der Waals surface area contributed by atoms with Gasteiger partial charge >= 0.3 is 12.4 Å². The predicted molar refractivity (Wildman–Crippen MR) is 80.4 cm³/mol. The van der Waals surface area contributed by atoms with E-state index in [0.29, 0.717) is 21.8 Å². The van der Waals surface area contributed by atoms with Gasteiger partial charge in [-0.25, -0.2) is 14.1 Å².